The molecule has 0 saturated carbocycles. The summed E-state index contributed by atoms with van der Waals surface area (Å²) >= 11 is 0. The van der Waals surface area contributed by atoms with Gasteiger partial charge in [-0.3, -0.25) is 0 Å². The fraction of sp³-hybridized carbons (Fsp3) is 0.538. The fourth-order valence-corrected chi connectivity index (χ4v) is 4.10. The summed E-state index contributed by atoms with van der Waals surface area (Å²) in [6, 6.07) is 14.5. The Labute approximate surface area is 191 Å². The van der Waals surface area contributed by atoms with Gasteiger partial charge in [-0.1, -0.05) is 25.5 Å². The molecule has 0 spiro atoms. The molecule has 0 amide bonds. The summed E-state index contributed by atoms with van der Waals surface area (Å²) in [7, 11) is 1.93. The zero-order chi connectivity index (χ0) is 23.0. The second-order valence-electron chi connectivity index (χ2n) is 8.91. The predicted octanol–water partition coefficient (Wildman–Crippen LogP) is 3.87. The van der Waals surface area contributed by atoms with Gasteiger partial charge in [0.05, 0.1) is 12.2 Å². The van der Waals surface area contributed by atoms with Crippen LogP contribution in [0.1, 0.15) is 38.2 Å². The van der Waals surface area contributed by atoms with E-state index in [0.717, 1.165) is 62.5 Å². The molecule has 1 aliphatic heterocycles. The van der Waals surface area contributed by atoms with Crippen LogP contribution >= 0.6 is 0 Å². The Bertz CT molecular complexity index is 805. The monoisotopic (exact) mass is 444 g/mol. The number of halogens is 1. The Morgan fingerprint density at radius 2 is 1.75 bits per heavy atom. The van der Waals surface area contributed by atoms with E-state index < -0.39 is 11.7 Å². The highest BCUT2D eigenvalue weighted by Crippen LogP contribution is 2.28. The first-order valence-corrected chi connectivity index (χ1v) is 11.7. The van der Waals surface area contributed by atoms with E-state index in [0.29, 0.717) is 19.4 Å². The fourth-order valence-electron chi connectivity index (χ4n) is 4.10. The van der Waals surface area contributed by atoms with E-state index >= 15 is 0 Å². The number of likely N-dealkylation sites (tertiary alicyclic amines) is 1. The van der Waals surface area contributed by atoms with Crippen LogP contribution in [-0.2, 0) is 6.42 Å². The topological polar surface area (TPSA) is 56.2 Å². The van der Waals surface area contributed by atoms with Crippen molar-refractivity contribution < 1.29 is 19.3 Å². The van der Waals surface area contributed by atoms with Gasteiger partial charge in [0.25, 0.3) is 0 Å². The number of likely N-dealkylation sites (N-methyl/N-ethyl adjacent to an activating group) is 1. The largest absolute Gasteiger partial charge is 0.494 e. The van der Waals surface area contributed by atoms with Gasteiger partial charge in [-0.2, -0.15) is 0 Å². The molecule has 3 rings (SSSR count). The summed E-state index contributed by atoms with van der Waals surface area (Å²) in [5.74, 6) is 0.634. The van der Waals surface area contributed by atoms with E-state index in [1.54, 1.807) is 0 Å². The van der Waals surface area contributed by atoms with Gasteiger partial charge in [0.15, 0.2) is 0 Å². The van der Waals surface area contributed by atoms with Gasteiger partial charge >= 0.3 is 0 Å². The maximum Gasteiger partial charge on any atom is 0.123 e. The lowest BCUT2D eigenvalue weighted by Gasteiger charge is -2.42. The van der Waals surface area contributed by atoms with Crippen LogP contribution < -0.4 is 9.64 Å². The Hall–Kier alpha value is -2.15. The first-order valence-electron chi connectivity index (χ1n) is 11.7. The van der Waals surface area contributed by atoms with E-state index in [-0.39, 0.29) is 5.82 Å². The van der Waals surface area contributed by atoms with Crippen molar-refractivity contribution in [3.63, 3.8) is 0 Å². The average Bonchev–Trinajstić information content (AvgIpc) is 2.80. The molecule has 1 unspecified atom stereocenters. The van der Waals surface area contributed by atoms with Crippen molar-refractivity contribution in [1.29, 1.82) is 0 Å². The molecule has 0 bridgehead atoms. The van der Waals surface area contributed by atoms with Gasteiger partial charge in [0.1, 0.15) is 17.7 Å². The first kappa shape index (κ1) is 24.5. The number of hydrogen-bond donors (Lipinski definition) is 2. The highest BCUT2D eigenvalue weighted by molar-refractivity contribution is 5.48. The number of hydrogen-bond acceptors (Lipinski definition) is 5. The standard InChI is InChI=1S/C26H37FN2O3/c1-3-4-19-32-24-11-9-23(10-12-24)28(2)20-25(30)26(31)14-17-29(18-15-26)16-13-21-5-7-22(27)8-6-21/h5-12,25,30-31H,3-4,13-20H2,1-2H3. The van der Waals surface area contributed by atoms with Gasteiger partial charge in [-0.25, -0.2) is 4.39 Å². The molecular formula is C26H37FN2O3. The molecule has 6 heteroatoms. The smallest absolute Gasteiger partial charge is 0.123 e. The Morgan fingerprint density at radius 1 is 1.09 bits per heavy atom. The zero-order valence-corrected chi connectivity index (χ0v) is 19.3. The Kier molecular flexibility index (Phi) is 8.91. The zero-order valence-electron chi connectivity index (χ0n) is 19.3. The average molecular weight is 445 g/mol. The first-order chi connectivity index (χ1) is 15.4. The van der Waals surface area contributed by atoms with E-state index in [1.165, 1.54) is 12.1 Å². The third-order valence-electron chi connectivity index (χ3n) is 6.46. The second kappa shape index (κ2) is 11.6. The van der Waals surface area contributed by atoms with Crippen molar-refractivity contribution in [2.24, 2.45) is 0 Å². The highest BCUT2D eigenvalue weighted by atomic mass is 19.1. The number of aliphatic hydroxyl groups excluding tert-OH is 1. The van der Waals surface area contributed by atoms with Crippen molar-refractivity contribution in [1.82, 2.24) is 4.90 Å². The number of ether oxygens (including phenoxy) is 1. The van der Waals surface area contributed by atoms with Crippen LogP contribution in [0.3, 0.4) is 0 Å². The number of rotatable bonds is 11. The number of nitrogens with zero attached hydrogens (tertiary/aromatic N) is 2. The number of aliphatic hydroxyl groups is 2. The van der Waals surface area contributed by atoms with Crippen LogP contribution in [-0.4, -0.2) is 66.7 Å². The van der Waals surface area contributed by atoms with Crippen LogP contribution in [0, 0.1) is 5.82 Å². The molecule has 1 fully saturated rings. The van der Waals surface area contributed by atoms with Crippen LogP contribution in [0.4, 0.5) is 10.1 Å². The van der Waals surface area contributed by atoms with Crippen molar-refractivity contribution in [2.75, 3.05) is 44.7 Å². The van der Waals surface area contributed by atoms with Crippen LogP contribution in [0.2, 0.25) is 0 Å². The van der Waals surface area contributed by atoms with Crippen molar-refractivity contribution >= 4 is 5.69 Å². The summed E-state index contributed by atoms with van der Waals surface area (Å²) in [6.07, 6.45) is 3.24. The van der Waals surface area contributed by atoms with E-state index in [1.807, 2.05) is 48.3 Å². The lowest BCUT2D eigenvalue weighted by molar-refractivity contribution is -0.104. The minimum Gasteiger partial charge on any atom is -0.494 e. The molecule has 2 N–H and O–H groups in total. The number of piperidine rings is 1. The number of anilines is 1. The van der Waals surface area contributed by atoms with Crippen molar-refractivity contribution in [2.45, 2.75) is 50.7 Å². The molecular weight excluding hydrogens is 407 g/mol. The molecule has 5 nitrogen and oxygen atoms in total. The lowest BCUT2D eigenvalue weighted by atomic mass is 9.85. The minimum atomic E-state index is -1.08. The molecule has 1 heterocycles. The van der Waals surface area contributed by atoms with Crippen LogP contribution in [0.15, 0.2) is 48.5 Å². The SMILES string of the molecule is CCCCOc1ccc(N(C)CC(O)C2(O)CCN(CCc3ccc(F)cc3)CC2)cc1. The Morgan fingerprint density at radius 3 is 2.38 bits per heavy atom. The maximum atomic E-state index is 13.0. The van der Waals surface area contributed by atoms with Crippen molar-refractivity contribution in [3.8, 4) is 5.75 Å². The molecule has 0 aliphatic carbocycles. The van der Waals surface area contributed by atoms with Gasteiger partial charge in [0.2, 0.25) is 0 Å². The number of unbranched alkanes of at least 4 members (excludes halogenated alkanes) is 1. The van der Waals surface area contributed by atoms with Gasteiger partial charge in [0, 0.05) is 38.9 Å². The summed E-state index contributed by atoms with van der Waals surface area (Å²) < 4.78 is 18.8. The second-order valence-corrected chi connectivity index (χ2v) is 8.91. The van der Waals surface area contributed by atoms with E-state index in [2.05, 4.69) is 11.8 Å². The summed E-state index contributed by atoms with van der Waals surface area (Å²) in [6.45, 7) is 5.56. The van der Waals surface area contributed by atoms with Gasteiger partial charge in [-0.05, 0) is 67.6 Å². The molecule has 176 valence electrons. The molecule has 2 aromatic carbocycles. The van der Waals surface area contributed by atoms with Gasteiger partial charge in [-0.15, -0.1) is 0 Å². The molecule has 1 saturated heterocycles. The van der Waals surface area contributed by atoms with E-state index in [9.17, 15) is 14.6 Å². The predicted molar refractivity (Wildman–Crippen MR) is 127 cm³/mol. The quantitative estimate of drug-likeness (QED) is 0.516. The molecule has 2 aromatic rings. The molecule has 32 heavy (non-hydrogen) atoms. The molecule has 1 atom stereocenters. The molecule has 0 radical (unpaired) electrons. The maximum absolute atomic E-state index is 13.0. The summed E-state index contributed by atoms with van der Waals surface area (Å²) in [5.41, 5.74) is 1.01. The normalized spacial score (nSPS) is 17.2. The third-order valence-corrected chi connectivity index (χ3v) is 6.46. The van der Waals surface area contributed by atoms with Crippen molar-refractivity contribution in [3.05, 3.63) is 59.9 Å². The lowest BCUT2D eigenvalue weighted by Crippen LogP contribution is -2.54. The Balaban J connectivity index is 1.44. The molecule has 0 aromatic heterocycles. The highest BCUT2D eigenvalue weighted by Gasteiger charge is 2.39. The molecule has 1 aliphatic rings. The van der Waals surface area contributed by atoms with Crippen LogP contribution in [0.5, 0.6) is 5.75 Å². The summed E-state index contributed by atoms with van der Waals surface area (Å²) in [4.78, 5) is 4.27. The number of benzene rings is 2. The van der Waals surface area contributed by atoms with Crippen LogP contribution in [0.25, 0.3) is 0 Å². The minimum absolute atomic E-state index is 0.216. The third kappa shape index (κ3) is 6.92. The van der Waals surface area contributed by atoms with E-state index in [4.69, 9.17) is 4.74 Å². The summed E-state index contributed by atoms with van der Waals surface area (Å²) in [5, 5.41) is 21.9. The van der Waals surface area contributed by atoms with Gasteiger partial charge < -0.3 is 24.7 Å².